The van der Waals surface area contributed by atoms with Gasteiger partial charge in [-0.1, -0.05) is 49.3 Å². The number of ether oxygens (including phenoxy) is 1. The predicted octanol–water partition coefficient (Wildman–Crippen LogP) is 8.02. The summed E-state index contributed by atoms with van der Waals surface area (Å²) in [6.45, 7) is 14.8. The number of nitrogens with zero attached hydrogens (tertiary/aromatic N) is 11. The van der Waals surface area contributed by atoms with E-state index < -0.39 is 18.1 Å². The van der Waals surface area contributed by atoms with E-state index in [1.54, 1.807) is 17.4 Å². The molecule has 4 fully saturated rings. The number of fused-ring (bicyclic) bond motifs is 1. The van der Waals surface area contributed by atoms with E-state index in [-0.39, 0.29) is 54.0 Å². The molecular formula is C57H71N13O6S. The Morgan fingerprint density at radius 3 is 2.45 bits per heavy atom. The lowest BCUT2D eigenvalue weighted by molar-refractivity contribution is -0.141. The second kappa shape index (κ2) is 22.2. The lowest BCUT2D eigenvalue weighted by Gasteiger charge is -2.46. The van der Waals surface area contributed by atoms with Crippen molar-refractivity contribution in [3.63, 3.8) is 0 Å². The van der Waals surface area contributed by atoms with Crippen LogP contribution in [0.1, 0.15) is 119 Å². The van der Waals surface area contributed by atoms with Crippen molar-refractivity contribution < 1.29 is 29.1 Å². The molecule has 77 heavy (non-hydrogen) atoms. The summed E-state index contributed by atoms with van der Waals surface area (Å²) in [4.78, 5) is 47.0. The number of benzene rings is 1. The normalized spacial score (nSPS) is 21.1. The zero-order chi connectivity index (χ0) is 53.4. The number of likely N-dealkylation sites (tertiary alicyclic amines) is 2. The number of pyridine rings is 1. The molecule has 1 aromatic carbocycles. The second-order valence-electron chi connectivity index (χ2n) is 22.2. The van der Waals surface area contributed by atoms with Gasteiger partial charge in [0.1, 0.15) is 24.3 Å². The highest BCUT2D eigenvalue weighted by Gasteiger charge is 2.44. The van der Waals surface area contributed by atoms with Gasteiger partial charge in [0.15, 0.2) is 22.9 Å². The summed E-state index contributed by atoms with van der Waals surface area (Å²) in [7, 11) is 0. The molecule has 1 spiro atoms. The molecule has 2 amide bonds. The van der Waals surface area contributed by atoms with Crippen molar-refractivity contribution in [2.24, 2.45) is 11.3 Å². The largest absolute Gasteiger partial charge is 0.508 e. The molecule has 0 saturated carbocycles. The molecule has 5 aromatic heterocycles. The van der Waals surface area contributed by atoms with Crippen LogP contribution in [-0.4, -0.2) is 138 Å². The van der Waals surface area contributed by atoms with Crippen molar-refractivity contribution >= 4 is 57.1 Å². The van der Waals surface area contributed by atoms with E-state index in [1.165, 1.54) is 4.90 Å². The van der Waals surface area contributed by atoms with E-state index in [2.05, 4.69) is 45.3 Å². The van der Waals surface area contributed by atoms with Crippen molar-refractivity contribution in [1.82, 2.24) is 50.2 Å². The van der Waals surface area contributed by atoms with Crippen LogP contribution in [-0.2, 0) is 9.59 Å². The molecule has 20 heteroatoms. The maximum Gasteiger partial charge on any atom is 0.243 e. The van der Waals surface area contributed by atoms with Gasteiger partial charge in [-0.2, -0.15) is 5.10 Å². The van der Waals surface area contributed by atoms with Gasteiger partial charge in [0.05, 0.1) is 45.5 Å². The Hall–Kier alpha value is -6.90. The van der Waals surface area contributed by atoms with Crippen LogP contribution in [0.15, 0.2) is 82.7 Å². The second-order valence-corrected chi connectivity index (χ2v) is 23.0. The van der Waals surface area contributed by atoms with E-state index in [4.69, 9.17) is 20.1 Å². The molecule has 4 atom stereocenters. The van der Waals surface area contributed by atoms with Gasteiger partial charge >= 0.3 is 0 Å². The third kappa shape index (κ3) is 11.0. The number of nitrogens with two attached hydrogens (primary N) is 1. The molecule has 6 aromatic rings. The standard InChI is InChI=1S/C57H71N13O6S/c1-35(2)51(56(74)69-33-42(71)30-46(69)55(73)61-36(3)38-9-11-39(12-10-38)53-37(4)60-34-77-53)48-32-49(65-76-48)68-25-18-57(19-26-68)16-23-66(24-17-57)27-28-75-50-29-41(13-20-59-50)67-21-14-40(15-22-67)70-45-31-44(43-7-5-6-8-47(43)72)62-63-52(45)54(58)64-70/h6,8-13,20,29,31-32,34-36,40,42,46,51,71-72H,5,7,14-19,21-28,30,33H2,1-4H3,(H2,58,64)(H,61,73)/t36-,42+,46-,51?/m0/s1. The van der Waals surface area contributed by atoms with E-state index in [1.807, 2.05) is 98.7 Å². The number of hydrogen-bond donors (Lipinski definition) is 4. The molecule has 0 radical (unpaired) electrons. The molecule has 11 rings (SSSR count). The minimum Gasteiger partial charge on any atom is -0.508 e. The molecule has 5 aliphatic rings. The molecule has 9 heterocycles. The number of aromatic nitrogens is 7. The van der Waals surface area contributed by atoms with Gasteiger partial charge in [0.2, 0.25) is 17.7 Å². The smallest absolute Gasteiger partial charge is 0.243 e. The maximum atomic E-state index is 14.4. The Kier molecular flexibility index (Phi) is 15.1. The summed E-state index contributed by atoms with van der Waals surface area (Å²) in [5, 5.41) is 42.4. The topological polar surface area (TPSA) is 230 Å². The third-order valence-electron chi connectivity index (χ3n) is 16.9. The van der Waals surface area contributed by atoms with Gasteiger partial charge in [-0.05, 0) is 119 Å². The average Bonchev–Trinajstić information content (AvgIpc) is 4.30. The summed E-state index contributed by atoms with van der Waals surface area (Å²) in [6.07, 6.45) is 12.6. The van der Waals surface area contributed by atoms with Crippen LogP contribution in [0.3, 0.4) is 0 Å². The fraction of sp³-hybridized carbons (Fsp3) is 0.509. The van der Waals surface area contributed by atoms with Crippen LogP contribution in [0.5, 0.6) is 5.88 Å². The number of thiazole rings is 1. The van der Waals surface area contributed by atoms with Gasteiger partial charge in [-0.25, -0.2) is 9.97 Å². The minimum absolute atomic E-state index is 0.0809. The average molecular weight is 1070 g/mol. The van der Waals surface area contributed by atoms with Crippen molar-refractivity contribution in [1.29, 1.82) is 0 Å². The number of carbonyl (C=O) groups is 2. The van der Waals surface area contributed by atoms with Crippen molar-refractivity contribution in [2.45, 2.75) is 116 Å². The molecule has 4 aliphatic heterocycles. The third-order valence-corrected chi connectivity index (χ3v) is 17.9. The number of anilines is 3. The number of aryl methyl sites for hydroxylation is 1. The number of allylic oxidation sites excluding steroid dienone is 3. The van der Waals surface area contributed by atoms with Crippen molar-refractivity contribution in [2.75, 3.05) is 74.5 Å². The molecular weight excluding hydrogens is 995 g/mol. The van der Waals surface area contributed by atoms with E-state index in [9.17, 15) is 19.8 Å². The first-order valence-corrected chi connectivity index (χ1v) is 28.3. The van der Waals surface area contributed by atoms with Gasteiger partial charge in [-0.15, -0.1) is 21.5 Å². The van der Waals surface area contributed by atoms with E-state index in [0.29, 0.717) is 41.7 Å². The lowest BCUT2D eigenvalue weighted by atomic mass is 9.71. The fourth-order valence-electron chi connectivity index (χ4n) is 12.3. The molecule has 0 bridgehead atoms. The highest BCUT2D eigenvalue weighted by molar-refractivity contribution is 7.13. The van der Waals surface area contributed by atoms with E-state index in [0.717, 1.165) is 135 Å². The molecule has 406 valence electrons. The molecule has 4 saturated heterocycles. The number of amides is 2. The molecule has 1 unspecified atom stereocenters. The summed E-state index contributed by atoms with van der Waals surface area (Å²) in [6, 6.07) is 15.1. The summed E-state index contributed by atoms with van der Waals surface area (Å²) in [5.74, 6) is 1.12. The number of aliphatic hydroxyl groups is 2. The van der Waals surface area contributed by atoms with E-state index >= 15 is 0 Å². The van der Waals surface area contributed by atoms with Crippen molar-refractivity contribution in [3.8, 4) is 16.3 Å². The Balaban J connectivity index is 0.629. The highest BCUT2D eigenvalue weighted by atomic mass is 32.1. The lowest BCUT2D eigenvalue weighted by Crippen LogP contribution is -2.48. The monoisotopic (exact) mass is 1070 g/mol. The molecule has 1 aliphatic carbocycles. The van der Waals surface area contributed by atoms with Crippen LogP contribution < -0.4 is 25.6 Å². The quantitative estimate of drug-likeness (QED) is 0.0763. The van der Waals surface area contributed by atoms with Gasteiger partial charge in [0, 0.05) is 75.3 Å². The Morgan fingerprint density at radius 1 is 0.961 bits per heavy atom. The summed E-state index contributed by atoms with van der Waals surface area (Å²) in [5.41, 5.74) is 15.4. The first-order valence-electron chi connectivity index (χ1n) is 27.5. The van der Waals surface area contributed by atoms with Crippen LogP contribution in [0.25, 0.3) is 27.0 Å². The zero-order valence-corrected chi connectivity index (χ0v) is 45.4. The first kappa shape index (κ1) is 52.2. The Bertz CT molecular complexity index is 3120. The number of hydrogen-bond acceptors (Lipinski definition) is 17. The van der Waals surface area contributed by atoms with Gasteiger partial charge in [-0.3, -0.25) is 19.2 Å². The minimum atomic E-state index is -0.806. The number of rotatable bonds is 15. The summed E-state index contributed by atoms with van der Waals surface area (Å²) >= 11 is 1.60. The first-order chi connectivity index (χ1) is 37.3. The van der Waals surface area contributed by atoms with Crippen LogP contribution >= 0.6 is 11.3 Å². The SMILES string of the molecule is Cc1ncsc1-c1ccc([C@H](C)NC(=O)[C@@H]2C[C@@H](O)CN2C(=O)C(c2cc(N3CCC4(CCN(CCOc5cc(N6CCC(n7nc(N)c8nnc(C9=C(O)C=CCC9)cc87)CC6)ccn5)CC4)CC3)no2)C(C)C)cc1. The van der Waals surface area contributed by atoms with Crippen molar-refractivity contribution in [3.05, 3.63) is 101 Å². The number of nitrogen functional groups attached to an aromatic ring is 1. The maximum absolute atomic E-state index is 14.4. The molecule has 5 N–H and O–H groups in total. The number of nitrogens with one attached hydrogen (secondary N) is 1. The number of carbonyl (C=O) groups excluding carboxylic acids is 2. The van der Waals surface area contributed by atoms with Gasteiger partial charge < -0.3 is 45.2 Å². The number of piperidine rings is 3. The Labute approximate surface area is 453 Å². The zero-order valence-electron chi connectivity index (χ0n) is 44.6. The predicted molar refractivity (Wildman–Crippen MR) is 296 cm³/mol. The highest BCUT2D eigenvalue weighted by Crippen LogP contribution is 2.43. The van der Waals surface area contributed by atoms with Crippen LogP contribution in [0.4, 0.5) is 17.3 Å². The van der Waals surface area contributed by atoms with Crippen LogP contribution in [0.2, 0.25) is 0 Å². The summed E-state index contributed by atoms with van der Waals surface area (Å²) < 4.78 is 14.2. The van der Waals surface area contributed by atoms with Gasteiger partial charge in [0.25, 0.3) is 0 Å². The number of β-amino-alcohol motifs (C(OH)–C–C–N with tert-alkyl or cyclic N) is 1. The fourth-order valence-corrected chi connectivity index (χ4v) is 13.1. The molecule has 19 nitrogen and oxygen atoms in total. The van der Waals surface area contributed by atoms with Crippen LogP contribution in [0, 0.1) is 18.3 Å². The number of aliphatic hydroxyl groups excluding tert-OH is 2. The Morgan fingerprint density at radius 2 is 1.73 bits per heavy atom.